The molecule has 28 heavy (non-hydrogen) atoms. The van der Waals surface area contributed by atoms with E-state index in [0.29, 0.717) is 34.7 Å². The first-order valence-corrected chi connectivity index (χ1v) is 10.1. The third-order valence-corrected chi connectivity index (χ3v) is 5.75. The van der Waals surface area contributed by atoms with Crippen molar-refractivity contribution in [2.45, 2.75) is 25.5 Å². The standard InChI is InChI=1S/C21H22Cl2N2O3/c1-13(26)24-15-3-2-4-16(11-15)28-21-18-9-14(22)10-19(23)17(18)12-20(21)25-5-7-27-8-6-25/h2-4,9-11,20-21H,5-8,12H2,1H3,(H,24,26)/t20-,21-/m0/s1. The van der Waals surface area contributed by atoms with E-state index in [9.17, 15) is 4.79 Å². The molecule has 1 saturated heterocycles. The number of hydrogen-bond donors (Lipinski definition) is 1. The Bertz CT molecular complexity index is 884. The number of nitrogens with zero attached hydrogens (tertiary/aromatic N) is 1. The van der Waals surface area contributed by atoms with Crippen molar-refractivity contribution in [3.63, 3.8) is 0 Å². The zero-order chi connectivity index (χ0) is 19.7. The Morgan fingerprint density at radius 2 is 2.00 bits per heavy atom. The summed E-state index contributed by atoms with van der Waals surface area (Å²) in [5.41, 5.74) is 2.82. The van der Waals surface area contributed by atoms with E-state index in [-0.39, 0.29) is 18.1 Å². The van der Waals surface area contributed by atoms with Crippen LogP contribution in [0.25, 0.3) is 0 Å². The van der Waals surface area contributed by atoms with Crippen molar-refractivity contribution in [2.75, 3.05) is 31.6 Å². The summed E-state index contributed by atoms with van der Waals surface area (Å²) in [5.74, 6) is 0.576. The van der Waals surface area contributed by atoms with Gasteiger partial charge in [-0.3, -0.25) is 9.69 Å². The molecule has 7 heteroatoms. The van der Waals surface area contributed by atoms with E-state index in [1.807, 2.05) is 30.3 Å². The molecule has 1 amide bonds. The lowest BCUT2D eigenvalue weighted by Gasteiger charge is -2.35. The minimum absolute atomic E-state index is 0.117. The molecule has 1 fully saturated rings. The number of fused-ring (bicyclic) bond motifs is 1. The minimum atomic E-state index is -0.197. The summed E-state index contributed by atoms with van der Waals surface area (Å²) in [5, 5.41) is 4.08. The maximum atomic E-state index is 11.4. The van der Waals surface area contributed by atoms with Crippen molar-refractivity contribution in [1.29, 1.82) is 0 Å². The average molecular weight is 421 g/mol. The number of hydrogen-bond acceptors (Lipinski definition) is 4. The van der Waals surface area contributed by atoms with Crippen LogP contribution in [0.5, 0.6) is 5.75 Å². The first kappa shape index (κ1) is 19.5. The predicted molar refractivity (Wildman–Crippen MR) is 110 cm³/mol. The summed E-state index contributed by atoms with van der Waals surface area (Å²) in [6.07, 6.45) is 0.610. The number of ether oxygens (including phenoxy) is 2. The fraction of sp³-hybridized carbons (Fsp3) is 0.381. The quantitative estimate of drug-likeness (QED) is 0.799. The molecule has 0 saturated carbocycles. The maximum Gasteiger partial charge on any atom is 0.221 e. The summed E-state index contributed by atoms with van der Waals surface area (Å²) >= 11 is 12.8. The summed E-state index contributed by atoms with van der Waals surface area (Å²) in [4.78, 5) is 13.8. The Hall–Kier alpha value is -1.79. The molecule has 0 radical (unpaired) electrons. The molecular formula is C21H22Cl2N2O3. The third-order valence-electron chi connectivity index (χ3n) is 5.20. The topological polar surface area (TPSA) is 50.8 Å². The first-order valence-electron chi connectivity index (χ1n) is 9.35. The lowest BCUT2D eigenvalue weighted by molar-refractivity contribution is -0.114. The average Bonchev–Trinajstić information content (AvgIpc) is 3.01. The minimum Gasteiger partial charge on any atom is -0.484 e. The smallest absolute Gasteiger partial charge is 0.221 e. The number of halogens is 2. The van der Waals surface area contributed by atoms with Gasteiger partial charge in [0.25, 0.3) is 0 Å². The molecule has 148 valence electrons. The monoisotopic (exact) mass is 420 g/mol. The molecule has 5 nitrogen and oxygen atoms in total. The molecule has 2 atom stereocenters. The highest BCUT2D eigenvalue weighted by Gasteiger charge is 2.40. The van der Waals surface area contributed by atoms with E-state index in [4.69, 9.17) is 32.7 Å². The highest BCUT2D eigenvalue weighted by molar-refractivity contribution is 6.35. The Morgan fingerprint density at radius 1 is 1.21 bits per heavy atom. The Labute approximate surface area is 174 Å². The number of nitrogens with one attached hydrogen (secondary N) is 1. The second-order valence-corrected chi connectivity index (χ2v) is 7.97. The fourth-order valence-corrected chi connectivity index (χ4v) is 4.57. The largest absolute Gasteiger partial charge is 0.484 e. The van der Waals surface area contributed by atoms with Gasteiger partial charge in [-0.25, -0.2) is 0 Å². The summed E-state index contributed by atoms with van der Waals surface area (Å²) in [6, 6.07) is 11.3. The zero-order valence-corrected chi connectivity index (χ0v) is 17.1. The molecule has 0 bridgehead atoms. The van der Waals surface area contributed by atoms with Crippen molar-refractivity contribution < 1.29 is 14.3 Å². The molecule has 0 aromatic heterocycles. The lowest BCUT2D eigenvalue weighted by atomic mass is 10.1. The maximum absolute atomic E-state index is 11.4. The van der Waals surface area contributed by atoms with Gasteiger partial charge in [-0.15, -0.1) is 0 Å². The van der Waals surface area contributed by atoms with Gasteiger partial charge in [-0.2, -0.15) is 0 Å². The van der Waals surface area contributed by atoms with Gasteiger partial charge < -0.3 is 14.8 Å². The SMILES string of the molecule is CC(=O)Nc1cccc(O[C@H]2c3cc(Cl)cc(Cl)c3C[C@@H]2N2CCOCC2)c1. The van der Waals surface area contributed by atoms with E-state index in [2.05, 4.69) is 10.2 Å². The Morgan fingerprint density at radius 3 is 2.75 bits per heavy atom. The number of benzene rings is 2. The van der Waals surface area contributed by atoms with Gasteiger partial charge in [-0.05, 0) is 36.2 Å². The first-order chi connectivity index (χ1) is 13.5. The second kappa shape index (κ2) is 8.29. The normalized spacial score (nSPS) is 22.0. The molecule has 1 heterocycles. The number of carbonyl (C=O) groups excluding carboxylic acids is 1. The van der Waals surface area contributed by atoms with Crippen LogP contribution in [0, 0.1) is 0 Å². The van der Waals surface area contributed by atoms with Crippen LogP contribution in [0.15, 0.2) is 36.4 Å². The van der Waals surface area contributed by atoms with Gasteiger partial charge in [-0.1, -0.05) is 29.3 Å². The molecule has 1 aliphatic heterocycles. The van der Waals surface area contributed by atoms with Crippen molar-refractivity contribution in [3.05, 3.63) is 57.6 Å². The van der Waals surface area contributed by atoms with Gasteiger partial charge in [0.15, 0.2) is 0 Å². The van der Waals surface area contributed by atoms with Crippen molar-refractivity contribution in [2.24, 2.45) is 0 Å². The number of anilines is 1. The lowest BCUT2D eigenvalue weighted by Crippen LogP contribution is -2.46. The van der Waals surface area contributed by atoms with Crippen molar-refractivity contribution >= 4 is 34.8 Å². The molecule has 0 spiro atoms. The third kappa shape index (κ3) is 4.13. The van der Waals surface area contributed by atoms with Gasteiger partial charge in [0.2, 0.25) is 5.91 Å². The molecule has 2 aromatic carbocycles. The van der Waals surface area contributed by atoms with E-state index in [0.717, 1.165) is 30.6 Å². The summed E-state index contributed by atoms with van der Waals surface area (Å²) in [6.45, 7) is 4.63. The molecule has 1 N–H and O–H groups in total. The van der Waals surface area contributed by atoms with Crippen LogP contribution in [-0.4, -0.2) is 43.2 Å². The second-order valence-electron chi connectivity index (χ2n) is 7.12. The molecule has 0 unspecified atom stereocenters. The molecular weight excluding hydrogens is 399 g/mol. The summed E-state index contributed by atoms with van der Waals surface area (Å²) in [7, 11) is 0. The summed E-state index contributed by atoms with van der Waals surface area (Å²) < 4.78 is 12.0. The van der Waals surface area contributed by atoms with Crippen LogP contribution >= 0.6 is 23.2 Å². The highest BCUT2D eigenvalue weighted by atomic mass is 35.5. The van der Waals surface area contributed by atoms with Crippen LogP contribution in [0.1, 0.15) is 24.2 Å². The van der Waals surface area contributed by atoms with Crippen molar-refractivity contribution in [3.8, 4) is 5.75 Å². The Balaban J connectivity index is 1.66. The van der Waals surface area contributed by atoms with Crippen LogP contribution in [0.3, 0.4) is 0 Å². The van der Waals surface area contributed by atoms with E-state index in [1.165, 1.54) is 6.92 Å². The zero-order valence-electron chi connectivity index (χ0n) is 15.6. The van der Waals surface area contributed by atoms with E-state index >= 15 is 0 Å². The van der Waals surface area contributed by atoms with Crippen LogP contribution in [0.4, 0.5) is 5.69 Å². The highest BCUT2D eigenvalue weighted by Crippen LogP contribution is 2.43. The molecule has 1 aliphatic carbocycles. The molecule has 4 rings (SSSR count). The Kier molecular flexibility index (Phi) is 5.78. The van der Waals surface area contributed by atoms with E-state index < -0.39 is 0 Å². The van der Waals surface area contributed by atoms with Gasteiger partial charge >= 0.3 is 0 Å². The molecule has 2 aromatic rings. The fourth-order valence-electron chi connectivity index (χ4n) is 3.98. The van der Waals surface area contributed by atoms with E-state index in [1.54, 1.807) is 6.07 Å². The van der Waals surface area contributed by atoms with Gasteiger partial charge in [0.05, 0.1) is 19.3 Å². The molecule has 2 aliphatic rings. The van der Waals surface area contributed by atoms with Crippen LogP contribution in [-0.2, 0) is 16.0 Å². The number of rotatable bonds is 4. The van der Waals surface area contributed by atoms with Gasteiger partial charge in [0, 0.05) is 47.4 Å². The van der Waals surface area contributed by atoms with Crippen LogP contribution in [0.2, 0.25) is 10.0 Å². The van der Waals surface area contributed by atoms with Gasteiger partial charge in [0.1, 0.15) is 11.9 Å². The number of carbonyl (C=O) groups is 1. The predicted octanol–water partition coefficient (Wildman–Crippen LogP) is 4.33. The van der Waals surface area contributed by atoms with Crippen molar-refractivity contribution in [1.82, 2.24) is 4.90 Å². The number of amides is 1. The number of morpholine rings is 1. The van der Waals surface area contributed by atoms with Crippen LogP contribution < -0.4 is 10.1 Å².